The highest BCUT2D eigenvalue weighted by Gasteiger charge is 2.27. The van der Waals surface area contributed by atoms with Crippen molar-refractivity contribution < 1.29 is 17.9 Å². The summed E-state index contributed by atoms with van der Waals surface area (Å²) < 4.78 is 35.2. The van der Waals surface area contributed by atoms with Crippen molar-refractivity contribution in [2.45, 2.75) is 30.7 Å². The van der Waals surface area contributed by atoms with Crippen LogP contribution in [0.15, 0.2) is 40.6 Å². The maximum atomic E-state index is 12.9. The van der Waals surface area contributed by atoms with Crippen molar-refractivity contribution in [1.29, 1.82) is 0 Å². The zero-order chi connectivity index (χ0) is 24.4. The van der Waals surface area contributed by atoms with Crippen molar-refractivity contribution in [2.24, 2.45) is 0 Å². The van der Waals surface area contributed by atoms with Gasteiger partial charge in [-0.1, -0.05) is 0 Å². The monoisotopic (exact) mass is 516 g/mol. The molecule has 4 heterocycles. The van der Waals surface area contributed by atoms with Crippen LogP contribution in [0.2, 0.25) is 0 Å². The molecule has 1 amide bonds. The molecular formula is C23H28N6O4S2. The molecule has 0 radical (unpaired) electrons. The number of ether oxygens (including phenoxy) is 1. The van der Waals surface area contributed by atoms with Gasteiger partial charge < -0.3 is 19.9 Å². The van der Waals surface area contributed by atoms with Gasteiger partial charge in [0.25, 0.3) is 0 Å². The molecule has 2 aliphatic rings. The number of nitrogens with one attached hydrogen (secondary N) is 2. The van der Waals surface area contributed by atoms with Gasteiger partial charge in [-0.05, 0) is 48.6 Å². The van der Waals surface area contributed by atoms with Gasteiger partial charge in [0.2, 0.25) is 21.9 Å². The molecule has 0 spiro atoms. The highest BCUT2D eigenvalue weighted by atomic mass is 32.2. The number of rotatable bonds is 6. The second kappa shape index (κ2) is 10.1. The standard InChI is InChI=1S/C23H28N6O4S2/c1-16(30)24-17-2-4-19(5-3-17)35(31,32)27-18-6-9-29(10-7-18)23-25-20-8-15-34-21(20)22(26-23)28-11-13-33-14-12-28/h2-5,8,15,18,27H,6-7,9-14H2,1H3,(H,24,30). The molecule has 0 unspecified atom stereocenters. The van der Waals surface area contributed by atoms with Gasteiger partial charge in [-0.15, -0.1) is 11.3 Å². The Morgan fingerprint density at radius 1 is 1.03 bits per heavy atom. The fourth-order valence-electron chi connectivity index (χ4n) is 4.37. The van der Waals surface area contributed by atoms with Gasteiger partial charge in [0, 0.05) is 44.8 Å². The molecular weight excluding hydrogens is 488 g/mol. The third-order valence-corrected chi connectivity index (χ3v) is 8.61. The van der Waals surface area contributed by atoms with E-state index in [4.69, 9.17) is 14.7 Å². The van der Waals surface area contributed by atoms with Crippen molar-refractivity contribution >= 4 is 54.9 Å². The van der Waals surface area contributed by atoms with Gasteiger partial charge in [-0.3, -0.25) is 4.79 Å². The number of nitrogens with zero attached hydrogens (tertiary/aromatic N) is 4. The molecule has 0 saturated carbocycles. The summed E-state index contributed by atoms with van der Waals surface area (Å²) in [7, 11) is -3.66. The second-order valence-corrected chi connectivity index (χ2v) is 11.3. The fraction of sp³-hybridized carbons (Fsp3) is 0.435. The third kappa shape index (κ3) is 5.40. The number of fused-ring (bicyclic) bond motifs is 1. The van der Waals surface area contributed by atoms with E-state index < -0.39 is 10.0 Å². The average molecular weight is 517 g/mol. The lowest BCUT2D eigenvalue weighted by Gasteiger charge is -2.33. The lowest BCUT2D eigenvalue weighted by Crippen LogP contribution is -2.45. The van der Waals surface area contributed by atoms with Crippen molar-refractivity contribution in [3.05, 3.63) is 35.7 Å². The van der Waals surface area contributed by atoms with E-state index in [2.05, 4.69) is 19.8 Å². The molecule has 0 atom stereocenters. The molecule has 0 bridgehead atoms. The Balaban J connectivity index is 1.25. The molecule has 186 valence electrons. The molecule has 3 aromatic rings. The van der Waals surface area contributed by atoms with Gasteiger partial charge in [0.05, 0.1) is 28.3 Å². The van der Waals surface area contributed by atoms with E-state index in [0.29, 0.717) is 50.8 Å². The van der Waals surface area contributed by atoms with Gasteiger partial charge in [-0.25, -0.2) is 18.1 Å². The number of piperidine rings is 1. The normalized spacial score (nSPS) is 17.6. The SMILES string of the molecule is CC(=O)Nc1ccc(S(=O)(=O)NC2CCN(c3nc(N4CCOCC4)c4sccc4n3)CC2)cc1. The predicted octanol–water partition coefficient (Wildman–Crippen LogP) is 2.43. The summed E-state index contributed by atoms with van der Waals surface area (Å²) in [6.45, 7) is 5.71. The molecule has 2 aliphatic heterocycles. The minimum Gasteiger partial charge on any atom is -0.378 e. The van der Waals surface area contributed by atoms with Crippen LogP contribution in [0.25, 0.3) is 10.2 Å². The summed E-state index contributed by atoms with van der Waals surface area (Å²) in [5, 5.41) is 4.68. The molecule has 10 nitrogen and oxygen atoms in total. The first-order chi connectivity index (χ1) is 16.9. The van der Waals surface area contributed by atoms with Gasteiger partial charge in [0.1, 0.15) is 0 Å². The van der Waals surface area contributed by atoms with Gasteiger partial charge in [0.15, 0.2) is 5.82 Å². The minimum atomic E-state index is -3.66. The molecule has 5 rings (SSSR count). The Morgan fingerprint density at radius 2 is 1.74 bits per heavy atom. The number of aromatic nitrogens is 2. The first kappa shape index (κ1) is 23.9. The number of hydrogen-bond acceptors (Lipinski definition) is 9. The number of amides is 1. The number of anilines is 3. The summed E-state index contributed by atoms with van der Waals surface area (Å²) in [6, 6.07) is 8.02. The minimum absolute atomic E-state index is 0.171. The first-order valence-corrected chi connectivity index (χ1v) is 14.0. The smallest absolute Gasteiger partial charge is 0.240 e. The zero-order valence-corrected chi connectivity index (χ0v) is 21.1. The average Bonchev–Trinajstić information content (AvgIpc) is 3.33. The van der Waals surface area contributed by atoms with E-state index in [9.17, 15) is 13.2 Å². The van der Waals surface area contributed by atoms with Crippen LogP contribution in [-0.2, 0) is 19.6 Å². The fourth-order valence-corrected chi connectivity index (χ4v) is 6.53. The van der Waals surface area contributed by atoms with Crippen molar-refractivity contribution in [1.82, 2.24) is 14.7 Å². The van der Waals surface area contributed by atoms with Gasteiger partial charge in [-0.2, -0.15) is 4.98 Å². The zero-order valence-electron chi connectivity index (χ0n) is 19.4. The molecule has 2 aromatic heterocycles. The van der Waals surface area contributed by atoms with Crippen LogP contribution in [0.1, 0.15) is 19.8 Å². The van der Waals surface area contributed by atoms with E-state index in [1.54, 1.807) is 23.5 Å². The van der Waals surface area contributed by atoms with Crippen LogP contribution in [0.3, 0.4) is 0 Å². The van der Waals surface area contributed by atoms with E-state index >= 15 is 0 Å². The number of carbonyl (C=O) groups excluding carboxylic acids is 1. The Bertz CT molecular complexity index is 1300. The molecule has 35 heavy (non-hydrogen) atoms. The number of hydrogen-bond donors (Lipinski definition) is 2. The van der Waals surface area contributed by atoms with Crippen LogP contribution in [0, 0.1) is 0 Å². The number of morpholine rings is 1. The Kier molecular flexibility index (Phi) is 6.87. The summed E-state index contributed by atoms with van der Waals surface area (Å²) in [6.07, 6.45) is 1.31. The van der Waals surface area contributed by atoms with Gasteiger partial charge >= 0.3 is 0 Å². The quantitative estimate of drug-likeness (QED) is 0.513. The summed E-state index contributed by atoms with van der Waals surface area (Å²) in [5.74, 6) is 1.44. The Labute approximate surface area is 208 Å². The maximum Gasteiger partial charge on any atom is 0.240 e. The largest absolute Gasteiger partial charge is 0.378 e. The van der Waals surface area contributed by atoms with E-state index in [-0.39, 0.29) is 16.8 Å². The van der Waals surface area contributed by atoms with E-state index in [1.807, 2.05) is 11.4 Å². The van der Waals surface area contributed by atoms with Crippen LogP contribution >= 0.6 is 11.3 Å². The Morgan fingerprint density at radius 3 is 2.43 bits per heavy atom. The van der Waals surface area contributed by atoms with Crippen molar-refractivity contribution in [3.63, 3.8) is 0 Å². The molecule has 12 heteroatoms. The molecule has 1 aromatic carbocycles. The first-order valence-electron chi connectivity index (χ1n) is 11.6. The van der Waals surface area contributed by atoms with Crippen LogP contribution < -0.4 is 19.8 Å². The Hall–Kier alpha value is -2.80. The van der Waals surface area contributed by atoms with Crippen molar-refractivity contribution in [2.75, 3.05) is 54.5 Å². The molecule has 2 N–H and O–H groups in total. The highest BCUT2D eigenvalue weighted by Crippen LogP contribution is 2.32. The summed E-state index contributed by atoms with van der Waals surface area (Å²) >= 11 is 1.65. The number of benzene rings is 1. The van der Waals surface area contributed by atoms with Crippen LogP contribution in [0.5, 0.6) is 0 Å². The van der Waals surface area contributed by atoms with Crippen molar-refractivity contribution in [3.8, 4) is 0 Å². The van der Waals surface area contributed by atoms with Crippen LogP contribution in [-0.4, -0.2) is 69.7 Å². The summed E-state index contributed by atoms with van der Waals surface area (Å²) in [4.78, 5) is 25.5. The second-order valence-electron chi connectivity index (χ2n) is 8.67. The summed E-state index contributed by atoms with van der Waals surface area (Å²) in [5.41, 5.74) is 1.50. The molecule has 2 saturated heterocycles. The number of sulfonamides is 1. The predicted molar refractivity (Wildman–Crippen MR) is 137 cm³/mol. The third-order valence-electron chi connectivity index (χ3n) is 6.17. The van der Waals surface area contributed by atoms with Crippen LogP contribution in [0.4, 0.5) is 17.5 Å². The number of thiophene rings is 1. The lowest BCUT2D eigenvalue weighted by molar-refractivity contribution is -0.114. The number of carbonyl (C=O) groups is 1. The van der Waals surface area contributed by atoms with E-state index in [1.165, 1.54) is 19.1 Å². The maximum absolute atomic E-state index is 12.9. The lowest BCUT2D eigenvalue weighted by atomic mass is 10.1. The van der Waals surface area contributed by atoms with E-state index in [0.717, 1.165) is 29.1 Å². The molecule has 0 aliphatic carbocycles. The molecule has 2 fully saturated rings. The topological polar surface area (TPSA) is 117 Å². The highest BCUT2D eigenvalue weighted by molar-refractivity contribution is 7.89.